The van der Waals surface area contributed by atoms with Gasteiger partial charge in [-0.25, -0.2) is 4.68 Å². The first-order valence-electron chi connectivity index (χ1n) is 25.8. The number of aliphatic hydroxyl groups excluding tert-OH is 3. The van der Waals surface area contributed by atoms with Crippen molar-refractivity contribution in [2.75, 3.05) is 117 Å². The number of aliphatic carboxylic acids is 3. The van der Waals surface area contributed by atoms with Gasteiger partial charge in [-0.3, -0.25) is 48.4 Å². The third-order valence-electron chi connectivity index (χ3n) is 14.4. The number of methoxy groups -OCH3 is 1. The molecule has 80 heavy (non-hydrogen) atoms. The van der Waals surface area contributed by atoms with Crippen LogP contribution in [-0.4, -0.2) is 249 Å². The van der Waals surface area contributed by atoms with Crippen molar-refractivity contribution < 1.29 is 78.4 Å². The Kier molecular flexibility index (Phi) is 19.3. The van der Waals surface area contributed by atoms with Crippen molar-refractivity contribution in [3.05, 3.63) is 75.9 Å². The number of hydrogen-bond donors (Lipinski definition) is 8. The van der Waals surface area contributed by atoms with Crippen LogP contribution in [0.4, 0.5) is 5.69 Å². The highest BCUT2D eigenvalue weighted by atomic mass is 35.5. The first kappa shape index (κ1) is 59.6. The third kappa shape index (κ3) is 14.3. The molecule has 8 N–H and O–H groups in total. The number of nitrogens with one attached hydrogen (secondary N) is 2. The van der Waals surface area contributed by atoms with Crippen LogP contribution < -0.4 is 20.1 Å². The fourth-order valence-electron chi connectivity index (χ4n) is 10.2. The number of carboxylic acid groups (broad SMARTS) is 3. The lowest BCUT2D eigenvalue weighted by atomic mass is 9.94. The summed E-state index contributed by atoms with van der Waals surface area (Å²) in [6.07, 6.45) is -8.66. The topological polar surface area (TPSA) is 319 Å². The number of carbonyl (C=O) groups is 6. The minimum absolute atomic E-state index is 0.00762. The van der Waals surface area contributed by atoms with Gasteiger partial charge in [0.05, 0.1) is 63.4 Å². The largest absolute Gasteiger partial charge is 0.496 e. The summed E-state index contributed by atoms with van der Waals surface area (Å²) in [5, 5.41) is 72.7. The van der Waals surface area contributed by atoms with Crippen molar-refractivity contribution in [1.82, 2.24) is 39.6 Å². The minimum Gasteiger partial charge on any atom is -0.496 e. The molecule has 3 amide bonds. The van der Waals surface area contributed by atoms with Gasteiger partial charge in [0.2, 0.25) is 5.91 Å². The van der Waals surface area contributed by atoms with E-state index < -0.39 is 72.3 Å². The van der Waals surface area contributed by atoms with Crippen LogP contribution in [0.25, 0.3) is 28.1 Å². The fourth-order valence-corrected chi connectivity index (χ4v) is 10.7. The number of anilines is 1. The van der Waals surface area contributed by atoms with Crippen molar-refractivity contribution in [2.45, 2.75) is 56.5 Å². The lowest BCUT2D eigenvalue weighted by molar-refractivity contribution is -0.217. The van der Waals surface area contributed by atoms with E-state index in [0.717, 1.165) is 0 Å². The summed E-state index contributed by atoms with van der Waals surface area (Å²) in [6.45, 7) is 4.55. The second-order valence-corrected chi connectivity index (χ2v) is 21.5. The molecule has 5 unspecified atom stereocenters. The molecule has 5 heterocycles. The molecular weight excluding hydrogens is 1090 g/mol. The predicted molar refractivity (Wildman–Crippen MR) is 288 cm³/mol. The van der Waals surface area contributed by atoms with Gasteiger partial charge in [-0.05, 0) is 55.8 Å². The number of nitrogens with zero attached hydrogens (tertiary/aromatic N) is 7. The zero-order valence-corrected chi connectivity index (χ0v) is 45.8. The smallest absolute Gasteiger partial charge is 0.317 e. The third-order valence-corrected chi connectivity index (χ3v) is 14.8. The van der Waals surface area contributed by atoms with E-state index in [1.54, 1.807) is 77.7 Å². The van der Waals surface area contributed by atoms with E-state index in [1.165, 1.54) is 7.11 Å². The highest BCUT2D eigenvalue weighted by molar-refractivity contribution is 6.34. The van der Waals surface area contributed by atoms with Crippen molar-refractivity contribution in [3.8, 4) is 39.6 Å². The number of hydrogen-bond acceptors (Lipinski definition) is 18. The van der Waals surface area contributed by atoms with Gasteiger partial charge >= 0.3 is 17.9 Å². The van der Waals surface area contributed by atoms with E-state index in [2.05, 4.69) is 10.6 Å². The van der Waals surface area contributed by atoms with Gasteiger partial charge in [-0.1, -0.05) is 35.3 Å². The van der Waals surface area contributed by atoms with E-state index in [1.807, 2.05) is 19.9 Å². The predicted octanol–water partition coefficient (Wildman–Crippen LogP) is 1.05. The summed E-state index contributed by atoms with van der Waals surface area (Å²) in [4.78, 5) is 85.3. The summed E-state index contributed by atoms with van der Waals surface area (Å²) in [5.41, 5.74) is 2.94. The Morgan fingerprint density at radius 1 is 0.738 bits per heavy atom. The molecule has 27 heteroatoms. The zero-order chi connectivity index (χ0) is 57.6. The standard InChI is InChI=1S/C53H65Cl2N9O16/c1-53(2)29-78-16-15-63(53)52(76)45-37-28-79-39-22-38(77-3)35(21-36(39)46(37)64(58-45)34-19-31(54)18-32(55)20-34)30-5-4-6-33(17-30)57-51(75)50-49(74)48(73)47(72)40(80-50)23-56-41(65)24-59-7-9-60(25-42(66)67)11-13-62(27-44(70)71)14-12-61(10-8-59)26-43(68)69/h4-6,17-22,40,47-50,72-74H,7-16,23-29H2,1-3H3,(H,56,65)(H,57,75)(H,66,67)(H,68,69)(H,70,71). The van der Waals surface area contributed by atoms with Gasteiger partial charge in [-0.15, -0.1) is 0 Å². The number of amides is 3. The summed E-state index contributed by atoms with van der Waals surface area (Å²) in [6, 6.07) is 15.1. The van der Waals surface area contributed by atoms with E-state index in [9.17, 15) is 59.4 Å². The van der Waals surface area contributed by atoms with E-state index in [4.69, 9.17) is 47.2 Å². The summed E-state index contributed by atoms with van der Waals surface area (Å²) < 4.78 is 25.4. The van der Waals surface area contributed by atoms with Crippen LogP contribution in [0.1, 0.15) is 29.9 Å². The molecule has 4 aliphatic rings. The van der Waals surface area contributed by atoms with Crippen LogP contribution in [0.2, 0.25) is 10.0 Å². The molecule has 25 nitrogen and oxygen atoms in total. The molecular formula is C53H65Cl2N9O16. The molecule has 8 rings (SSSR count). The normalized spacial score (nSPS) is 22.4. The number of aliphatic hydroxyl groups is 3. The molecule has 432 valence electrons. The average molecular weight is 1160 g/mol. The van der Waals surface area contributed by atoms with Gasteiger partial charge in [0, 0.05) is 104 Å². The van der Waals surface area contributed by atoms with E-state index in [0.29, 0.717) is 74.9 Å². The number of carbonyl (C=O) groups excluding carboxylic acids is 3. The summed E-state index contributed by atoms with van der Waals surface area (Å²) >= 11 is 13.0. The monoisotopic (exact) mass is 1150 g/mol. The number of ether oxygens (including phenoxy) is 4. The van der Waals surface area contributed by atoms with Gasteiger partial charge in [0.25, 0.3) is 11.8 Å². The number of benzene rings is 3. The Labute approximate surface area is 470 Å². The maximum atomic E-state index is 14.5. The fraction of sp³-hybridized carbons (Fsp3) is 0.491. The Morgan fingerprint density at radius 2 is 1.32 bits per heavy atom. The molecule has 5 atom stereocenters. The maximum absolute atomic E-state index is 14.5. The minimum atomic E-state index is -1.90. The molecule has 1 aromatic heterocycles. The van der Waals surface area contributed by atoms with Crippen molar-refractivity contribution in [3.63, 3.8) is 0 Å². The SMILES string of the molecule is COc1cc2c(cc1-c1cccc(NC(=O)C3OC(CNC(=O)CN4CCN(CC(=O)O)CCN(CC(=O)O)CCN(CC(=O)O)CC4)C(O)C(O)C3O)c1)-c1c(c(C(=O)N3CCOCC3(C)C)nn1-c1cc(Cl)cc(Cl)c1)CO2. The highest BCUT2D eigenvalue weighted by Crippen LogP contribution is 2.47. The van der Waals surface area contributed by atoms with E-state index >= 15 is 0 Å². The Bertz CT molecular complexity index is 2910. The first-order valence-corrected chi connectivity index (χ1v) is 26.6. The number of aromatic nitrogens is 2. The lowest BCUT2D eigenvalue weighted by Gasteiger charge is -2.41. The second kappa shape index (κ2) is 26.0. The molecule has 4 aliphatic heterocycles. The van der Waals surface area contributed by atoms with Crippen LogP contribution in [0, 0.1) is 0 Å². The van der Waals surface area contributed by atoms with Gasteiger partial charge in [0.1, 0.15) is 42.5 Å². The second-order valence-electron chi connectivity index (χ2n) is 20.6. The van der Waals surface area contributed by atoms with Crippen LogP contribution in [0.5, 0.6) is 11.5 Å². The molecule has 4 aromatic rings. The quantitative estimate of drug-likeness (QED) is 0.0777. The van der Waals surface area contributed by atoms with Gasteiger partial charge < -0.3 is 65.1 Å². The molecule has 0 bridgehead atoms. The lowest BCUT2D eigenvalue weighted by Crippen LogP contribution is -2.62. The molecule has 3 aromatic carbocycles. The maximum Gasteiger partial charge on any atom is 0.317 e. The summed E-state index contributed by atoms with van der Waals surface area (Å²) in [7, 11) is 1.49. The molecule has 0 aliphatic carbocycles. The van der Waals surface area contributed by atoms with Crippen molar-refractivity contribution in [2.24, 2.45) is 0 Å². The molecule has 3 saturated heterocycles. The van der Waals surface area contributed by atoms with Gasteiger partial charge in [0.15, 0.2) is 11.8 Å². The number of carboxylic acids is 3. The van der Waals surface area contributed by atoms with Crippen molar-refractivity contribution in [1.29, 1.82) is 0 Å². The number of fused-ring (bicyclic) bond motifs is 3. The van der Waals surface area contributed by atoms with Crippen LogP contribution in [0.3, 0.4) is 0 Å². The molecule has 0 radical (unpaired) electrons. The van der Waals surface area contributed by atoms with E-state index in [-0.39, 0.29) is 102 Å². The molecule has 3 fully saturated rings. The Balaban J connectivity index is 0.984. The Hall–Kier alpha value is -6.49. The van der Waals surface area contributed by atoms with Crippen molar-refractivity contribution >= 4 is 64.5 Å². The van der Waals surface area contributed by atoms with Crippen LogP contribution in [0.15, 0.2) is 54.6 Å². The average Bonchev–Trinajstić information content (AvgIpc) is 3.84. The molecule has 0 saturated carbocycles. The first-order chi connectivity index (χ1) is 38.1. The Morgan fingerprint density at radius 3 is 1.89 bits per heavy atom. The van der Waals surface area contributed by atoms with Crippen LogP contribution in [-0.2, 0) is 40.1 Å². The van der Waals surface area contributed by atoms with Gasteiger partial charge in [-0.2, -0.15) is 5.10 Å². The number of rotatable bonds is 16. The van der Waals surface area contributed by atoms with Crippen LogP contribution >= 0.6 is 23.2 Å². The highest BCUT2D eigenvalue weighted by Gasteiger charge is 2.47. The summed E-state index contributed by atoms with van der Waals surface area (Å²) in [5.74, 6) is -4.27. The molecule has 0 spiro atoms. The zero-order valence-electron chi connectivity index (χ0n) is 44.3. The number of morpholine rings is 1. The number of halogens is 2.